The summed E-state index contributed by atoms with van der Waals surface area (Å²) in [6.07, 6.45) is 4.07. The topological polar surface area (TPSA) is 43.1 Å². The van der Waals surface area contributed by atoms with Crippen LogP contribution >= 0.6 is 11.3 Å². The second-order valence-corrected chi connectivity index (χ2v) is 11.2. The summed E-state index contributed by atoms with van der Waals surface area (Å²) in [6, 6.07) is 38.4. The molecule has 0 aliphatic carbocycles. The second kappa shape index (κ2) is 8.18. The largest absolute Gasteiger partial charge is 0.290 e. The lowest BCUT2D eigenvalue weighted by Gasteiger charge is -2.13. The third-order valence-electron chi connectivity index (χ3n) is 7.87. The van der Waals surface area contributed by atoms with Gasteiger partial charge in [0.15, 0.2) is 0 Å². The maximum Gasteiger partial charge on any atom is 0.138 e. The standard InChI is InChI=1S/C35H20N4S/c1-2-8-26-25(7-1)24(23-14-18-31-38-34-28-9-3-4-10-30(28)40-35(34)39(31)20-23)15-16-27(26)29-17-13-22-12-11-21-6-5-19-36-32(21)33(22)37-29/h1-20H. The zero-order valence-electron chi connectivity index (χ0n) is 21.2. The number of hydrogen-bond acceptors (Lipinski definition) is 4. The Labute approximate surface area is 232 Å². The molecule has 0 amide bonds. The van der Waals surface area contributed by atoms with Crippen LogP contribution in [0.4, 0.5) is 0 Å². The fourth-order valence-corrected chi connectivity index (χ4v) is 7.09. The lowest BCUT2D eigenvalue weighted by atomic mass is 9.94. The molecule has 4 nitrogen and oxygen atoms in total. The first-order valence-corrected chi connectivity index (χ1v) is 14.1. The van der Waals surface area contributed by atoms with Gasteiger partial charge in [0.2, 0.25) is 0 Å². The van der Waals surface area contributed by atoms with Gasteiger partial charge in [-0.2, -0.15) is 0 Å². The van der Waals surface area contributed by atoms with Gasteiger partial charge < -0.3 is 0 Å². The molecule has 186 valence electrons. The van der Waals surface area contributed by atoms with E-state index in [0.29, 0.717) is 0 Å². The Morgan fingerprint density at radius 1 is 0.550 bits per heavy atom. The Balaban J connectivity index is 1.25. The van der Waals surface area contributed by atoms with E-state index in [1.165, 1.54) is 31.3 Å². The fourth-order valence-electron chi connectivity index (χ4n) is 5.96. The van der Waals surface area contributed by atoms with Crippen LogP contribution in [0.15, 0.2) is 122 Å². The molecular weight excluding hydrogens is 508 g/mol. The molecule has 5 aromatic heterocycles. The molecule has 0 saturated carbocycles. The van der Waals surface area contributed by atoms with Crippen molar-refractivity contribution in [3.8, 4) is 22.4 Å². The molecule has 0 bridgehead atoms. The summed E-state index contributed by atoms with van der Waals surface area (Å²) < 4.78 is 3.50. The molecule has 40 heavy (non-hydrogen) atoms. The van der Waals surface area contributed by atoms with E-state index < -0.39 is 0 Å². The molecule has 0 fully saturated rings. The van der Waals surface area contributed by atoms with Gasteiger partial charge in [0, 0.05) is 38.8 Å². The molecule has 0 saturated heterocycles. The van der Waals surface area contributed by atoms with Gasteiger partial charge in [-0.25, -0.2) is 9.97 Å². The van der Waals surface area contributed by atoms with E-state index in [1.807, 2.05) is 12.3 Å². The molecule has 0 radical (unpaired) electrons. The number of aromatic nitrogens is 4. The lowest BCUT2D eigenvalue weighted by molar-refractivity contribution is 1.24. The normalized spacial score (nSPS) is 12.0. The molecule has 0 atom stereocenters. The maximum atomic E-state index is 5.14. The van der Waals surface area contributed by atoms with E-state index in [1.54, 1.807) is 11.3 Å². The van der Waals surface area contributed by atoms with Gasteiger partial charge >= 0.3 is 0 Å². The summed E-state index contributed by atoms with van der Waals surface area (Å²) in [5, 5.41) is 5.79. The van der Waals surface area contributed by atoms with Gasteiger partial charge in [0.1, 0.15) is 16.0 Å². The van der Waals surface area contributed by atoms with Crippen molar-refractivity contribution in [2.24, 2.45) is 0 Å². The molecule has 5 heterocycles. The van der Waals surface area contributed by atoms with Crippen LogP contribution < -0.4 is 0 Å². The van der Waals surface area contributed by atoms with E-state index >= 15 is 0 Å². The average Bonchev–Trinajstić information content (AvgIpc) is 3.56. The molecule has 9 rings (SSSR count). The zero-order valence-corrected chi connectivity index (χ0v) is 22.1. The third-order valence-corrected chi connectivity index (χ3v) is 9.03. The first-order valence-electron chi connectivity index (χ1n) is 13.3. The van der Waals surface area contributed by atoms with Gasteiger partial charge in [-0.15, -0.1) is 11.3 Å². The van der Waals surface area contributed by atoms with Crippen molar-refractivity contribution in [1.29, 1.82) is 0 Å². The van der Waals surface area contributed by atoms with Crippen molar-refractivity contribution in [2.45, 2.75) is 0 Å². The summed E-state index contributed by atoms with van der Waals surface area (Å²) in [4.78, 5) is 15.9. The molecule has 0 N–H and O–H groups in total. The SMILES string of the molecule is c1cnc2c(c1)ccc1ccc(-c3ccc(-c4ccc5nc6c7ccccc7sc6n5c4)c4ccccc34)nc12. The number of fused-ring (bicyclic) bond motifs is 9. The van der Waals surface area contributed by atoms with E-state index in [4.69, 9.17) is 9.97 Å². The highest BCUT2D eigenvalue weighted by atomic mass is 32.1. The summed E-state index contributed by atoms with van der Waals surface area (Å²) in [6.45, 7) is 0. The van der Waals surface area contributed by atoms with Crippen LogP contribution in [-0.2, 0) is 0 Å². The van der Waals surface area contributed by atoms with Crippen LogP contribution in [0.2, 0.25) is 0 Å². The number of rotatable bonds is 2. The van der Waals surface area contributed by atoms with Crippen LogP contribution in [0.1, 0.15) is 0 Å². The lowest BCUT2D eigenvalue weighted by Crippen LogP contribution is -1.92. The number of benzene rings is 4. The van der Waals surface area contributed by atoms with Gasteiger partial charge in [-0.1, -0.05) is 78.9 Å². The molecule has 9 aromatic rings. The van der Waals surface area contributed by atoms with Crippen molar-refractivity contribution < 1.29 is 0 Å². The van der Waals surface area contributed by atoms with Crippen LogP contribution in [0.25, 0.3) is 81.0 Å². The summed E-state index contributed by atoms with van der Waals surface area (Å²) in [5.41, 5.74) is 8.33. The Bertz CT molecular complexity index is 2450. The van der Waals surface area contributed by atoms with E-state index in [2.05, 4.69) is 119 Å². The van der Waals surface area contributed by atoms with Gasteiger partial charge in [-0.05, 0) is 52.2 Å². The summed E-state index contributed by atoms with van der Waals surface area (Å²) in [5.74, 6) is 0. The molecular formula is C35H20N4S. The van der Waals surface area contributed by atoms with Crippen LogP contribution in [-0.4, -0.2) is 19.4 Å². The van der Waals surface area contributed by atoms with Crippen molar-refractivity contribution >= 4 is 70.0 Å². The highest BCUT2D eigenvalue weighted by Crippen LogP contribution is 2.38. The molecule has 5 heteroatoms. The van der Waals surface area contributed by atoms with E-state index in [9.17, 15) is 0 Å². The molecule has 0 spiro atoms. The third kappa shape index (κ3) is 3.09. The molecule has 0 aliphatic rings. The average molecular weight is 529 g/mol. The molecule has 4 aromatic carbocycles. The Morgan fingerprint density at radius 3 is 2.20 bits per heavy atom. The van der Waals surface area contributed by atoms with Gasteiger partial charge in [-0.3, -0.25) is 9.38 Å². The highest BCUT2D eigenvalue weighted by Gasteiger charge is 2.15. The zero-order chi connectivity index (χ0) is 26.2. The summed E-state index contributed by atoms with van der Waals surface area (Å²) >= 11 is 1.79. The minimum Gasteiger partial charge on any atom is -0.290 e. The van der Waals surface area contributed by atoms with Crippen LogP contribution in [0, 0.1) is 0 Å². The highest BCUT2D eigenvalue weighted by molar-refractivity contribution is 7.25. The van der Waals surface area contributed by atoms with Gasteiger partial charge in [0.05, 0.1) is 16.7 Å². The predicted octanol–water partition coefficient (Wildman–Crippen LogP) is 9.29. The smallest absolute Gasteiger partial charge is 0.138 e. The van der Waals surface area contributed by atoms with Crippen molar-refractivity contribution in [3.63, 3.8) is 0 Å². The van der Waals surface area contributed by atoms with Crippen molar-refractivity contribution in [2.75, 3.05) is 0 Å². The number of thiophene rings is 1. The predicted molar refractivity (Wildman–Crippen MR) is 167 cm³/mol. The van der Waals surface area contributed by atoms with Crippen LogP contribution in [0.5, 0.6) is 0 Å². The van der Waals surface area contributed by atoms with E-state index in [-0.39, 0.29) is 0 Å². The first-order chi connectivity index (χ1) is 19.8. The first kappa shape index (κ1) is 21.8. The van der Waals surface area contributed by atoms with E-state index in [0.717, 1.165) is 49.8 Å². The van der Waals surface area contributed by atoms with Crippen molar-refractivity contribution in [3.05, 3.63) is 122 Å². The number of imidazole rings is 1. The number of nitrogens with zero attached hydrogens (tertiary/aromatic N) is 4. The fraction of sp³-hybridized carbons (Fsp3) is 0. The number of pyridine rings is 3. The Hall–Kier alpha value is -5.13. The molecule has 0 aliphatic heterocycles. The Kier molecular flexibility index (Phi) is 4.45. The quantitative estimate of drug-likeness (QED) is 0.210. The van der Waals surface area contributed by atoms with Gasteiger partial charge in [0.25, 0.3) is 0 Å². The summed E-state index contributed by atoms with van der Waals surface area (Å²) in [7, 11) is 0. The van der Waals surface area contributed by atoms with Crippen molar-refractivity contribution in [1.82, 2.24) is 19.4 Å². The molecule has 0 unspecified atom stereocenters. The van der Waals surface area contributed by atoms with Crippen LogP contribution in [0.3, 0.4) is 0 Å². The Morgan fingerprint density at radius 2 is 1.30 bits per heavy atom. The monoisotopic (exact) mass is 528 g/mol. The minimum atomic E-state index is 0.932. The second-order valence-electron chi connectivity index (χ2n) is 10.1. The minimum absolute atomic E-state index is 0.932. The number of hydrogen-bond donors (Lipinski definition) is 0. The maximum absolute atomic E-state index is 5.14.